The van der Waals surface area contributed by atoms with Gasteiger partial charge in [-0.1, -0.05) is 24.3 Å². The van der Waals surface area contributed by atoms with Crippen molar-refractivity contribution in [1.82, 2.24) is 9.88 Å². The van der Waals surface area contributed by atoms with Crippen molar-refractivity contribution in [3.63, 3.8) is 0 Å². The molecule has 0 unspecified atom stereocenters. The van der Waals surface area contributed by atoms with Crippen LogP contribution in [0.15, 0.2) is 48.5 Å². The molecule has 0 bridgehead atoms. The standard InChI is InChI=1S/C27H32N4O4/c1-2-31-21(15-19-7-8-20(26(28)29)16-23(19)31)9-11-27(10-4-12-30-27)24(32)14-18-5-3-6-22(13-18)35-17-25(33)34/h3,5-8,13,15-16,30H,2,4,9-12,14,17H2,1H3,(H3,28,29)(H,33,34)/t27-/m0/s1. The van der Waals surface area contributed by atoms with Gasteiger partial charge in [0.05, 0.1) is 5.54 Å². The Morgan fingerprint density at radius 1 is 1.23 bits per heavy atom. The molecule has 2 heterocycles. The number of carbonyl (C=O) groups excluding carboxylic acids is 1. The summed E-state index contributed by atoms with van der Waals surface area (Å²) in [6.45, 7) is 3.28. The van der Waals surface area contributed by atoms with Crippen molar-refractivity contribution in [2.45, 2.75) is 51.1 Å². The quantitative estimate of drug-likeness (QED) is 0.248. The Balaban J connectivity index is 1.52. The number of hydrogen-bond acceptors (Lipinski definition) is 5. The number of Topliss-reactive ketones (excluding diaryl/α,β-unsaturated/α-hetero) is 1. The van der Waals surface area contributed by atoms with Crippen molar-refractivity contribution in [3.8, 4) is 5.75 Å². The van der Waals surface area contributed by atoms with E-state index in [4.69, 9.17) is 21.0 Å². The largest absolute Gasteiger partial charge is 0.482 e. The topological polar surface area (TPSA) is 130 Å². The first-order valence-corrected chi connectivity index (χ1v) is 12.0. The number of carbonyl (C=O) groups is 2. The molecule has 3 aromatic rings. The van der Waals surface area contributed by atoms with E-state index in [0.29, 0.717) is 17.7 Å². The number of carboxylic acid groups (broad SMARTS) is 1. The van der Waals surface area contributed by atoms with Gasteiger partial charge in [0.25, 0.3) is 0 Å². The van der Waals surface area contributed by atoms with Crippen molar-refractivity contribution in [1.29, 1.82) is 5.41 Å². The normalized spacial score (nSPS) is 17.5. The number of fused-ring (bicyclic) bond motifs is 1. The summed E-state index contributed by atoms with van der Waals surface area (Å²) in [6.07, 6.45) is 3.44. The summed E-state index contributed by atoms with van der Waals surface area (Å²) in [5, 5.41) is 21.2. The summed E-state index contributed by atoms with van der Waals surface area (Å²) in [7, 11) is 0. The molecule has 1 aliphatic rings. The first-order chi connectivity index (χ1) is 16.8. The molecule has 1 aromatic heterocycles. The SMILES string of the molecule is CCn1c(CC[C@]2(C(=O)Cc3cccc(OCC(=O)O)c3)CCCN2)cc2ccc(C(=N)N)cc21. The van der Waals surface area contributed by atoms with Crippen LogP contribution in [-0.4, -0.2) is 46.0 Å². The van der Waals surface area contributed by atoms with Gasteiger partial charge < -0.3 is 25.5 Å². The molecule has 5 N–H and O–H groups in total. The van der Waals surface area contributed by atoms with Gasteiger partial charge in [-0.3, -0.25) is 10.2 Å². The van der Waals surface area contributed by atoms with Gasteiger partial charge in [0, 0.05) is 29.7 Å². The van der Waals surface area contributed by atoms with Crippen LogP contribution in [0, 0.1) is 5.41 Å². The minimum absolute atomic E-state index is 0.0504. The molecule has 0 radical (unpaired) electrons. The third-order valence-corrected chi connectivity index (χ3v) is 6.83. The first kappa shape index (κ1) is 24.5. The number of hydrogen-bond donors (Lipinski definition) is 4. The van der Waals surface area contributed by atoms with Crippen molar-refractivity contribution in [2.75, 3.05) is 13.2 Å². The Hall–Kier alpha value is -3.65. The van der Waals surface area contributed by atoms with E-state index in [1.807, 2.05) is 24.3 Å². The highest BCUT2D eigenvalue weighted by Crippen LogP contribution is 2.30. The lowest BCUT2D eigenvalue weighted by molar-refractivity contribution is -0.139. The lowest BCUT2D eigenvalue weighted by Crippen LogP contribution is -2.48. The number of nitrogen functional groups attached to an aromatic ring is 1. The molecule has 2 aromatic carbocycles. The first-order valence-electron chi connectivity index (χ1n) is 12.0. The second-order valence-corrected chi connectivity index (χ2v) is 9.11. The molecule has 0 amide bonds. The number of amidine groups is 1. The van der Waals surface area contributed by atoms with Crippen LogP contribution in [0.4, 0.5) is 0 Å². The lowest BCUT2D eigenvalue weighted by atomic mass is 9.83. The number of nitrogens with two attached hydrogens (primary N) is 1. The van der Waals surface area contributed by atoms with Gasteiger partial charge in [-0.15, -0.1) is 0 Å². The van der Waals surface area contributed by atoms with E-state index >= 15 is 0 Å². The highest BCUT2D eigenvalue weighted by molar-refractivity contribution is 5.98. The average molecular weight is 477 g/mol. The van der Waals surface area contributed by atoms with Crippen LogP contribution in [-0.2, 0) is 29.0 Å². The third kappa shape index (κ3) is 5.38. The van der Waals surface area contributed by atoms with Crippen molar-refractivity contribution >= 4 is 28.5 Å². The molecule has 1 saturated heterocycles. The Morgan fingerprint density at radius 3 is 2.74 bits per heavy atom. The summed E-state index contributed by atoms with van der Waals surface area (Å²) in [5.41, 5.74) is 8.83. The van der Waals surface area contributed by atoms with Gasteiger partial charge in [-0.05, 0) is 74.4 Å². The van der Waals surface area contributed by atoms with E-state index in [1.165, 1.54) is 0 Å². The molecule has 1 aliphatic heterocycles. The number of aliphatic carboxylic acids is 1. The monoisotopic (exact) mass is 476 g/mol. The maximum Gasteiger partial charge on any atom is 0.341 e. The van der Waals surface area contributed by atoms with Crippen LogP contribution >= 0.6 is 0 Å². The minimum atomic E-state index is -1.04. The fraction of sp³-hybridized carbons (Fsp3) is 0.370. The van der Waals surface area contributed by atoms with Crippen LogP contribution in [0.25, 0.3) is 10.9 Å². The molecule has 8 nitrogen and oxygen atoms in total. The summed E-state index contributed by atoms with van der Waals surface area (Å²) < 4.78 is 7.51. The summed E-state index contributed by atoms with van der Waals surface area (Å²) in [5.74, 6) is -0.399. The summed E-state index contributed by atoms with van der Waals surface area (Å²) in [4.78, 5) is 24.3. The number of aromatic nitrogens is 1. The van der Waals surface area contributed by atoms with Gasteiger partial charge in [-0.25, -0.2) is 4.79 Å². The van der Waals surface area contributed by atoms with Gasteiger partial charge in [0.1, 0.15) is 11.6 Å². The zero-order valence-corrected chi connectivity index (χ0v) is 20.0. The molecule has 184 valence electrons. The maximum absolute atomic E-state index is 13.5. The molecule has 0 aliphatic carbocycles. The van der Waals surface area contributed by atoms with E-state index in [-0.39, 0.29) is 18.0 Å². The average Bonchev–Trinajstić information content (AvgIpc) is 3.46. The van der Waals surface area contributed by atoms with E-state index in [9.17, 15) is 9.59 Å². The molecule has 0 saturated carbocycles. The summed E-state index contributed by atoms with van der Waals surface area (Å²) in [6, 6.07) is 15.1. The predicted octanol–water partition coefficient (Wildman–Crippen LogP) is 3.28. The van der Waals surface area contributed by atoms with Crippen LogP contribution in [0.1, 0.15) is 43.0 Å². The highest BCUT2D eigenvalue weighted by atomic mass is 16.5. The Morgan fingerprint density at radius 2 is 2.06 bits per heavy atom. The molecular weight excluding hydrogens is 444 g/mol. The van der Waals surface area contributed by atoms with Crippen LogP contribution in [0.2, 0.25) is 0 Å². The molecule has 1 atom stereocenters. The molecule has 4 rings (SSSR count). The molecule has 0 spiro atoms. The fourth-order valence-corrected chi connectivity index (χ4v) is 5.04. The second-order valence-electron chi connectivity index (χ2n) is 9.11. The van der Waals surface area contributed by atoms with Gasteiger partial charge in [0.15, 0.2) is 12.4 Å². The Labute approximate surface area is 204 Å². The fourth-order valence-electron chi connectivity index (χ4n) is 5.04. The van der Waals surface area contributed by atoms with Gasteiger partial charge in [-0.2, -0.15) is 0 Å². The number of carboxylic acids is 1. The van der Waals surface area contributed by atoms with Crippen molar-refractivity contribution in [2.24, 2.45) is 5.73 Å². The van der Waals surface area contributed by atoms with Crippen LogP contribution < -0.4 is 15.8 Å². The van der Waals surface area contributed by atoms with Crippen molar-refractivity contribution in [3.05, 3.63) is 65.4 Å². The van der Waals surface area contributed by atoms with Gasteiger partial charge >= 0.3 is 5.97 Å². The smallest absolute Gasteiger partial charge is 0.341 e. The van der Waals surface area contributed by atoms with E-state index < -0.39 is 18.1 Å². The number of nitrogens with one attached hydrogen (secondary N) is 2. The number of ether oxygens (including phenoxy) is 1. The molecule has 35 heavy (non-hydrogen) atoms. The number of aryl methyl sites for hydroxylation is 2. The highest BCUT2D eigenvalue weighted by Gasteiger charge is 2.40. The molecular formula is C27H32N4O4. The number of ketones is 1. The predicted molar refractivity (Wildman–Crippen MR) is 135 cm³/mol. The molecule has 1 fully saturated rings. The van der Waals surface area contributed by atoms with E-state index in [0.717, 1.165) is 54.5 Å². The van der Waals surface area contributed by atoms with Gasteiger partial charge in [0.2, 0.25) is 0 Å². The minimum Gasteiger partial charge on any atom is -0.482 e. The Bertz CT molecular complexity index is 1260. The number of benzene rings is 2. The number of nitrogens with zero attached hydrogens (tertiary/aromatic N) is 1. The maximum atomic E-state index is 13.5. The molecule has 8 heteroatoms. The zero-order chi connectivity index (χ0) is 25.0. The number of rotatable bonds is 11. The Kier molecular flexibility index (Phi) is 7.21. The van der Waals surface area contributed by atoms with Crippen molar-refractivity contribution < 1.29 is 19.4 Å². The lowest BCUT2D eigenvalue weighted by Gasteiger charge is -2.28. The van der Waals surface area contributed by atoms with Crippen LogP contribution in [0.5, 0.6) is 5.75 Å². The zero-order valence-electron chi connectivity index (χ0n) is 20.0. The third-order valence-electron chi connectivity index (χ3n) is 6.83. The summed E-state index contributed by atoms with van der Waals surface area (Å²) >= 11 is 0. The van der Waals surface area contributed by atoms with Crippen LogP contribution in [0.3, 0.4) is 0 Å². The second kappa shape index (κ2) is 10.3. The van der Waals surface area contributed by atoms with E-state index in [2.05, 4.69) is 22.9 Å². The van der Waals surface area contributed by atoms with E-state index in [1.54, 1.807) is 18.2 Å².